The third-order valence-electron chi connectivity index (χ3n) is 6.96. The van der Waals surface area contributed by atoms with E-state index < -0.39 is 0 Å². The van der Waals surface area contributed by atoms with Crippen molar-refractivity contribution in [3.05, 3.63) is 95.6 Å². The maximum atomic E-state index is 10.1. The number of hydrogen-bond acceptors (Lipinski definition) is 5. The summed E-state index contributed by atoms with van der Waals surface area (Å²) in [6.45, 7) is 4.70. The van der Waals surface area contributed by atoms with Gasteiger partial charge in [-0.25, -0.2) is 4.98 Å². The number of pyridine rings is 1. The third-order valence-corrected chi connectivity index (χ3v) is 8.29. The van der Waals surface area contributed by atoms with E-state index in [0.29, 0.717) is 22.4 Å². The van der Waals surface area contributed by atoms with Crippen molar-refractivity contribution in [2.24, 2.45) is 10.4 Å². The summed E-state index contributed by atoms with van der Waals surface area (Å²) >= 11 is 1.87. The Morgan fingerprint density at radius 3 is 2.74 bits per heavy atom. The van der Waals surface area contributed by atoms with Gasteiger partial charge in [-0.3, -0.25) is 4.99 Å². The van der Waals surface area contributed by atoms with Crippen molar-refractivity contribution in [3.8, 4) is 17.4 Å². The Balaban J connectivity index is 1.31. The molecule has 0 radical (unpaired) electrons. The molecule has 1 aliphatic heterocycles. The van der Waals surface area contributed by atoms with E-state index in [4.69, 9.17) is 9.73 Å². The van der Waals surface area contributed by atoms with Gasteiger partial charge < -0.3 is 9.84 Å². The number of nitrogens with zero attached hydrogens (tertiary/aromatic N) is 2. The Hall–Kier alpha value is -3.31. The van der Waals surface area contributed by atoms with E-state index in [0.717, 1.165) is 28.8 Å². The van der Waals surface area contributed by atoms with Crippen molar-refractivity contribution >= 4 is 27.7 Å². The number of para-hydroxylation sites is 1. The number of hydrogen-bond donors (Lipinski definition) is 1. The predicted octanol–water partition coefficient (Wildman–Crippen LogP) is 7.31. The Morgan fingerprint density at radius 1 is 0.971 bits per heavy atom. The van der Waals surface area contributed by atoms with Crippen molar-refractivity contribution < 1.29 is 9.84 Å². The number of phenolic OH excluding ortho intramolecular Hbond substituents is 1. The predicted molar refractivity (Wildman–Crippen MR) is 139 cm³/mol. The first-order valence-electron chi connectivity index (χ1n) is 11.7. The molecule has 0 amide bonds. The van der Waals surface area contributed by atoms with Crippen LogP contribution in [0.3, 0.4) is 0 Å². The molecule has 0 unspecified atom stereocenters. The lowest BCUT2D eigenvalue weighted by molar-refractivity contribution is 0.272. The second kappa shape index (κ2) is 8.17. The minimum atomic E-state index is 0.129. The molecule has 5 heteroatoms. The quantitative estimate of drug-likeness (QED) is 0.344. The van der Waals surface area contributed by atoms with Crippen LogP contribution in [0.4, 0.5) is 0 Å². The summed E-state index contributed by atoms with van der Waals surface area (Å²) in [5, 5.41) is 12.4. The van der Waals surface area contributed by atoms with Crippen LogP contribution in [0.25, 0.3) is 10.9 Å². The zero-order chi connectivity index (χ0) is 23.3. The van der Waals surface area contributed by atoms with Crippen LogP contribution in [0.15, 0.2) is 83.9 Å². The Morgan fingerprint density at radius 2 is 1.82 bits per heavy atom. The van der Waals surface area contributed by atoms with Crippen molar-refractivity contribution in [2.45, 2.75) is 38.0 Å². The van der Waals surface area contributed by atoms with E-state index in [1.54, 1.807) is 6.07 Å². The van der Waals surface area contributed by atoms with Crippen molar-refractivity contribution in [2.75, 3.05) is 0 Å². The number of aryl methyl sites for hydroxylation is 1. The summed E-state index contributed by atoms with van der Waals surface area (Å²) in [7, 11) is 0. The smallest absolute Gasteiger partial charge is 0.219 e. The third kappa shape index (κ3) is 3.74. The molecule has 170 valence electrons. The Kier molecular flexibility index (Phi) is 5.10. The summed E-state index contributed by atoms with van der Waals surface area (Å²) < 4.78 is 6.09. The van der Waals surface area contributed by atoms with Gasteiger partial charge in [-0.05, 0) is 53.6 Å². The van der Waals surface area contributed by atoms with Crippen LogP contribution in [0, 0.1) is 5.41 Å². The van der Waals surface area contributed by atoms with E-state index in [2.05, 4.69) is 49.2 Å². The lowest BCUT2D eigenvalue weighted by Crippen LogP contribution is -2.29. The summed E-state index contributed by atoms with van der Waals surface area (Å²) in [6, 6.07) is 26.2. The molecule has 0 saturated carbocycles. The average molecular weight is 467 g/mol. The van der Waals surface area contributed by atoms with Crippen LogP contribution < -0.4 is 4.74 Å². The van der Waals surface area contributed by atoms with Gasteiger partial charge in [0.05, 0.1) is 16.3 Å². The number of rotatable bonds is 3. The van der Waals surface area contributed by atoms with Gasteiger partial charge in [-0.1, -0.05) is 74.1 Å². The molecule has 2 aliphatic rings. The van der Waals surface area contributed by atoms with Gasteiger partial charge in [-0.15, -0.1) is 0 Å². The number of aromatic nitrogens is 1. The molecule has 4 nitrogen and oxygen atoms in total. The van der Waals surface area contributed by atoms with E-state index in [1.807, 2.05) is 54.2 Å². The summed E-state index contributed by atoms with van der Waals surface area (Å²) in [5.41, 5.74) is 4.60. The Labute approximate surface area is 203 Å². The van der Waals surface area contributed by atoms with Crippen molar-refractivity contribution in [1.82, 2.24) is 4.98 Å². The minimum absolute atomic E-state index is 0.129. The van der Waals surface area contributed by atoms with Crippen LogP contribution in [-0.2, 0) is 6.42 Å². The van der Waals surface area contributed by atoms with Crippen molar-refractivity contribution in [3.63, 3.8) is 0 Å². The second-order valence-corrected chi connectivity index (χ2v) is 10.9. The highest BCUT2D eigenvalue weighted by Gasteiger charge is 2.44. The SMILES string of the molecule is CC1(C)CCc2ccccc2[C@H]2SC(c3cccc(Oc4ccc5cccc(O)c5n4)c3)=N[C@H]21. The molecule has 4 aromatic rings. The molecule has 0 fully saturated rings. The van der Waals surface area contributed by atoms with E-state index in [1.165, 1.54) is 11.1 Å². The molecule has 1 N–H and O–H groups in total. The van der Waals surface area contributed by atoms with Gasteiger partial charge in [0.1, 0.15) is 17.0 Å². The second-order valence-electron chi connectivity index (χ2n) is 9.73. The largest absolute Gasteiger partial charge is 0.506 e. The van der Waals surface area contributed by atoms with E-state index in [-0.39, 0.29) is 17.2 Å². The van der Waals surface area contributed by atoms with Gasteiger partial charge in [0.15, 0.2) is 0 Å². The molecule has 0 bridgehead atoms. The van der Waals surface area contributed by atoms with E-state index >= 15 is 0 Å². The van der Waals surface area contributed by atoms with Crippen molar-refractivity contribution in [1.29, 1.82) is 0 Å². The lowest BCUT2D eigenvalue weighted by atomic mass is 9.80. The summed E-state index contributed by atoms with van der Waals surface area (Å²) in [4.78, 5) is 9.77. The number of benzene rings is 3. The number of aliphatic imine (C=N–C) groups is 1. The zero-order valence-electron chi connectivity index (χ0n) is 19.2. The van der Waals surface area contributed by atoms with Gasteiger partial charge in [0, 0.05) is 17.0 Å². The molecule has 34 heavy (non-hydrogen) atoms. The zero-order valence-corrected chi connectivity index (χ0v) is 20.0. The summed E-state index contributed by atoms with van der Waals surface area (Å²) in [6.07, 6.45) is 2.24. The van der Waals surface area contributed by atoms with Gasteiger partial charge in [0.25, 0.3) is 0 Å². The molecule has 2 heterocycles. The highest BCUT2D eigenvalue weighted by molar-refractivity contribution is 8.15. The minimum Gasteiger partial charge on any atom is -0.506 e. The average Bonchev–Trinajstić information content (AvgIpc) is 3.27. The number of ether oxygens (including phenoxy) is 1. The first-order valence-corrected chi connectivity index (χ1v) is 12.6. The first-order chi connectivity index (χ1) is 16.5. The molecule has 0 spiro atoms. The molecule has 2 atom stereocenters. The van der Waals surface area contributed by atoms with Crippen LogP contribution in [0.1, 0.15) is 42.2 Å². The molecule has 1 aromatic heterocycles. The maximum Gasteiger partial charge on any atom is 0.219 e. The monoisotopic (exact) mass is 466 g/mol. The molecular formula is C29H26N2O2S. The van der Waals surface area contributed by atoms with Gasteiger partial charge in [0.2, 0.25) is 5.88 Å². The van der Waals surface area contributed by atoms with Crippen LogP contribution in [0.5, 0.6) is 17.4 Å². The highest BCUT2D eigenvalue weighted by atomic mass is 32.2. The highest BCUT2D eigenvalue weighted by Crippen LogP contribution is 2.52. The number of fused-ring (bicyclic) bond motifs is 4. The number of thioether (sulfide) groups is 1. The van der Waals surface area contributed by atoms with Gasteiger partial charge >= 0.3 is 0 Å². The fourth-order valence-electron chi connectivity index (χ4n) is 5.00. The molecule has 3 aromatic carbocycles. The molecular weight excluding hydrogens is 440 g/mol. The summed E-state index contributed by atoms with van der Waals surface area (Å²) in [5.74, 6) is 1.30. The standard InChI is InChI=1S/C29H26N2O2S/c1-29(2)16-15-18-7-3-4-11-22(18)26-27(29)31-28(34-26)20-9-5-10-21(17-20)33-24-14-13-19-8-6-12-23(32)25(19)30-24/h3-14,17,26-27,32H,15-16H2,1-2H3/t26-,27-/m1/s1. The fourth-order valence-corrected chi connectivity index (χ4v) is 6.59. The van der Waals surface area contributed by atoms with Crippen LogP contribution >= 0.6 is 11.8 Å². The van der Waals surface area contributed by atoms with Crippen LogP contribution in [-0.4, -0.2) is 21.2 Å². The lowest BCUT2D eigenvalue weighted by Gasteiger charge is -2.30. The number of aromatic hydroxyl groups is 1. The first kappa shape index (κ1) is 21.2. The normalized spacial score (nSPS) is 20.8. The molecule has 6 rings (SSSR count). The van der Waals surface area contributed by atoms with E-state index in [9.17, 15) is 5.11 Å². The number of phenols is 1. The Bertz CT molecular complexity index is 1430. The fraction of sp³-hybridized carbons (Fsp3) is 0.241. The topological polar surface area (TPSA) is 54.7 Å². The van der Waals surface area contributed by atoms with Gasteiger partial charge in [-0.2, -0.15) is 0 Å². The molecule has 0 saturated heterocycles. The molecule has 1 aliphatic carbocycles. The maximum absolute atomic E-state index is 10.1. The van der Waals surface area contributed by atoms with Crippen LogP contribution in [0.2, 0.25) is 0 Å².